The van der Waals surface area contributed by atoms with Crippen molar-refractivity contribution in [1.29, 1.82) is 0 Å². The van der Waals surface area contributed by atoms with Gasteiger partial charge in [-0.25, -0.2) is 0 Å². The first-order valence-corrected chi connectivity index (χ1v) is 8.62. The zero-order chi connectivity index (χ0) is 17.5. The van der Waals surface area contributed by atoms with Gasteiger partial charge in [-0.1, -0.05) is 26.0 Å². The Balaban J connectivity index is 2.03. The highest BCUT2D eigenvalue weighted by molar-refractivity contribution is 9.10. The maximum Gasteiger partial charge on any atom is 0.253 e. The Hall–Kier alpha value is -2.08. The molecule has 1 atom stereocenters. The van der Waals surface area contributed by atoms with Crippen LogP contribution in [-0.4, -0.2) is 17.9 Å². The van der Waals surface area contributed by atoms with Gasteiger partial charge in [0.1, 0.15) is 11.8 Å². The number of carbonyl (C=O) groups is 2. The predicted molar refractivity (Wildman–Crippen MR) is 95.4 cm³/mol. The molecular weight excluding hydrogens is 372 g/mol. The molecule has 0 bridgehead atoms. The molecule has 128 valence electrons. The first-order chi connectivity index (χ1) is 11.5. The molecule has 2 rings (SSSR count). The van der Waals surface area contributed by atoms with Crippen molar-refractivity contribution in [3.63, 3.8) is 0 Å². The van der Waals surface area contributed by atoms with Crippen LogP contribution in [0.15, 0.2) is 51.6 Å². The third kappa shape index (κ3) is 5.23. The van der Waals surface area contributed by atoms with Gasteiger partial charge in [0.2, 0.25) is 5.91 Å². The molecule has 6 heteroatoms. The molecule has 0 radical (unpaired) electrons. The molecule has 2 amide bonds. The molecule has 0 aliphatic carbocycles. The standard InChI is InChI=1S/C18H21BrN2O3/c1-12(2)10-16(18(23)20-11-13-6-5-9-24-13)21-17(22)14-7-3-4-8-15(14)19/h3-9,12,16H,10-11H2,1-2H3,(H,20,23)(H,21,22)/t16-/m0/s1. The van der Waals surface area contributed by atoms with Gasteiger partial charge in [-0.2, -0.15) is 0 Å². The van der Waals surface area contributed by atoms with E-state index in [0.29, 0.717) is 28.8 Å². The van der Waals surface area contributed by atoms with Gasteiger partial charge in [-0.05, 0) is 52.5 Å². The zero-order valence-corrected chi connectivity index (χ0v) is 15.3. The summed E-state index contributed by atoms with van der Waals surface area (Å²) in [6.07, 6.45) is 2.11. The zero-order valence-electron chi connectivity index (χ0n) is 13.7. The number of carbonyl (C=O) groups excluding carboxylic acids is 2. The number of benzene rings is 1. The monoisotopic (exact) mass is 392 g/mol. The quantitative estimate of drug-likeness (QED) is 0.757. The minimum absolute atomic E-state index is 0.222. The second kappa shape index (κ2) is 8.68. The summed E-state index contributed by atoms with van der Waals surface area (Å²) in [6, 6.07) is 10.1. The van der Waals surface area contributed by atoms with Crippen LogP contribution in [0.5, 0.6) is 0 Å². The Morgan fingerprint density at radius 2 is 1.92 bits per heavy atom. The van der Waals surface area contributed by atoms with E-state index in [0.717, 1.165) is 0 Å². The first kappa shape index (κ1) is 18.3. The fourth-order valence-electron chi connectivity index (χ4n) is 2.29. The van der Waals surface area contributed by atoms with Gasteiger partial charge in [0, 0.05) is 4.47 Å². The molecule has 0 saturated carbocycles. The van der Waals surface area contributed by atoms with Crippen LogP contribution in [0.2, 0.25) is 0 Å². The molecule has 0 spiro atoms. The summed E-state index contributed by atoms with van der Waals surface area (Å²) in [5.74, 6) is 0.439. The Morgan fingerprint density at radius 3 is 2.54 bits per heavy atom. The fraction of sp³-hybridized carbons (Fsp3) is 0.333. The van der Waals surface area contributed by atoms with E-state index >= 15 is 0 Å². The van der Waals surface area contributed by atoms with Crippen molar-refractivity contribution in [3.05, 3.63) is 58.5 Å². The van der Waals surface area contributed by atoms with Crippen LogP contribution in [0.3, 0.4) is 0 Å². The molecule has 2 N–H and O–H groups in total. The smallest absolute Gasteiger partial charge is 0.253 e. The molecule has 0 aliphatic rings. The first-order valence-electron chi connectivity index (χ1n) is 7.83. The average molecular weight is 393 g/mol. The van der Waals surface area contributed by atoms with Gasteiger partial charge in [-0.3, -0.25) is 9.59 Å². The van der Waals surface area contributed by atoms with Gasteiger partial charge >= 0.3 is 0 Å². The lowest BCUT2D eigenvalue weighted by molar-refractivity contribution is -0.123. The van der Waals surface area contributed by atoms with E-state index in [9.17, 15) is 9.59 Å². The van der Waals surface area contributed by atoms with Gasteiger partial charge in [0.25, 0.3) is 5.91 Å². The van der Waals surface area contributed by atoms with E-state index in [1.54, 1.807) is 36.6 Å². The van der Waals surface area contributed by atoms with Gasteiger partial charge in [-0.15, -0.1) is 0 Å². The van der Waals surface area contributed by atoms with Gasteiger partial charge < -0.3 is 15.1 Å². The Kier molecular flexibility index (Phi) is 6.61. The average Bonchev–Trinajstić information content (AvgIpc) is 3.05. The van der Waals surface area contributed by atoms with Crippen LogP contribution in [0, 0.1) is 5.92 Å². The molecular formula is C18H21BrN2O3. The molecule has 5 nitrogen and oxygen atoms in total. The molecule has 0 aliphatic heterocycles. The van der Waals surface area contributed by atoms with Crippen LogP contribution >= 0.6 is 15.9 Å². The highest BCUT2D eigenvalue weighted by Crippen LogP contribution is 2.16. The Bertz CT molecular complexity index is 683. The van der Waals surface area contributed by atoms with E-state index in [1.807, 2.05) is 19.9 Å². The van der Waals surface area contributed by atoms with Crippen molar-refractivity contribution in [3.8, 4) is 0 Å². The van der Waals surface area contributed by atoms with Crippen molar-refractivity contribution in [1.82, 2.24) is 10.6 Å². The largest absolute Gasteiger partial charge is 0.467 e. The van der Waals surface area contributed by atoms with Crippen molar-refractivity contribution < 1.29 is 14.0 Å². The number of hydrogen-bond acceptors (Lipinski definition) is 3. The van der Waals surface area contributed by atoms with Gasteiger partial charge in [0.05, 0.1) is 18.4 Å². The summed E-state index contributed by atoms with van der Waals surface area (Å²) in [5.41, 5.74) is 0.505. The van der Waals surface area contributed by atoms with Crippen molar-refractivity contribution in [2.75, 3.05) is 0 Å². The van der Waals surface area contributed by atoms with E-state index in [2.05, 4.69) is 26.6 Å². The lowest BCUT2D eigenvalue weighted by Crippen LogP contribution is -2.47. The topological polar surface area (TPSA) is 71.3 Å². The summed E-state index contributed by atoms with van der Waals surface area (Å²) < 4.78 is 5.90. The molecule has 1 heterocycles. The van der Waals surface area contributed by atoms with Crippen LogP contribution in [0.1, 0.15) is 36.4 Å². The van der Waals surface area contributed by atoms with Crippen LogP contribution < -0.4 is 10.6 Å². The van der Waals surface area contributed by atoms with E-state index in [-0.39, 0.29) is 17.7 Å². The lowest BCUT2D eigenvalue weighted by Gasteiger charge is -2.20. The number of halogens is 1. The summed E-state index contributed by atoms with van der Waals surface area (Å²) in [7, 11) is 0. The van der Waals surface area contributed by atoms with E-state index < -0.39 is 6.04 Å². The normalized spacial score (nSPS) is 12.0. The summed E-state index contributed by atoms with van der Waals surface area (Å²) in [4.78, 5) is 24.9. The van der Waals surface area contributed by atoms with Crippen LogP contribution in [0.25, 0.3) is 0 Å². The van der Waals surface area contributed by atoms with E-state index in [1.165, 1.54) is 0 Å². The maximum absolute atomic E-state index is 12.5. The molecule has 0 saturated heterocycles. The van der Waals surface area contributed by atoms with Crippen molar-refractivity contribution >= 4 is 27.7 Å². The van der Waals surface area contributed by atoms with Crippen LogP contribution in [0.4, 0.5) is 0 Å². The fourth-order valence-corrected chi connectivity index (χ4v) is 2.76. The number of nitrogens with one attached hydrogen (secondary N) is 2. The summed E-state index contributed by atoms with van der Waals surface area (Å²) in [5, 5.41) is 5.63. The summed E-state index contributed by atoms with van der Waals surface area (Å²) >= 11 is 3.36. The summed E-state index contributed by atoms with van der Waals surface area (Å²) in [6.45, 7) is 4.32. The lowest BCUT2D eigenvalue weighted by atomic mass is 10.0. The molecule has 1 aromatic heterocycles. The number of rotatable bonds is 7. The minimum Gasteiger partial charge on any atom is -0.467 e. The van der Waals surface area contributed by atoms with Gasteiger partial charge in [0.15, 0.2) is 0 Å². The molecule has 0 fully saturated rings. The molecule has 2 aromatic rings. The second-order valence-corrected chi connectivity index (χ2v) is 6.79. The van der Waals surface area contributed by atoms with Crippen molar-refractivity contribution in [2.24, 2.45) is 5.92 Å². The highest BCUT2D eigenvalue weighted by Gasteiger charge is 2.23. The maximum atomic E-state index is 12.5. The SMILES string of the molecule is CC(C)C[C@H](NC(=O)c1ccccc1Br)C(=O)NCc1ccco1. The molecule has 0 unspecified atom stereocenters. The van der Waals surface area contributed by atoms with Crippen LogP contribution in [-0.2, 0) is 11.3 Å². The molecule has 1 aromatic carbocycles. The number of furan rings is 1. The Labute approximate surface area is 149 Å². The van der Waals surface area contributed by atoms with Crippen molar-refractivity contribution in [2.45, 2.75) is 32.9 Å². The highest BCUT2D eigenvalue weighted by atomic mass is 79.9. The van der Waals surface area contributed by atoms with E-state index in [4.69, 9.17) is 4.42 Å². The number of hydrogen-bond donors (Lipinski definition) is 2. The third-order valence-corrected chi connectivity index (χ3v) is 4.16. The third-order valence-electron chi connectivity index (χ3n) is 3.46. The minimum atomic E-state index is -0.598. The second-order valence-electron chi connectivity index (χ2n) is 5.93. The predicted octanol–water partition coefficient (Wildman–Crippen LogP) is 3.50. The number of amides is 2. The molecule has 24 heavy (non-hydrogen) atoms. The Morgan fingerprint density at radius 1 is 1.17 bits per heavy atom.